The molecule has 6 heteroatoms. The van der Waals surface area contributed by atoms with Gasteiger partial charge in [-0.2, -0.15) is 0 Å². The molecular formula is C14H23N5O. The molecule has 20 heavy (non-hydrogen) atoms. The van der Waals surface area contributed by atoms with E-state index >= 15 is 0 Å². The van der Waals surface area contributed by atoms with Crippen LogP contribution in [-0.2, 0) is 0 Å². The van der Waals surface area contributed by atoms with Crippen LogP contribution in [0.25, 0.3) is 0 Å². The topological polar surface area (TPSA) is 61.4 Å². The Morgan fingerprint density at radius 3 is 2.85 bits per heavy atom. The lowest BCUT2D eigenvalue weighted by atomic mass is 10.2. The molecule has 1 atom stereocenters. The zero-order chi connectivity index (χ0) is 14.5. The van der Waals surface area contributed by atoms with Gasteiger partial charge in [0.15, 0.2) is 5.69 Å². The zero-order valence-electron chi connectivity index (χ0n) is 12.5. The van der Waals surface area contributed by atoms with Crippen molar-refractivity contribution in [3.05, 3.63) is 17.8 Å². The Labute approximate surface area is 120 Å². The summed E-state index contributed by atoms with van der Waals surface area (Å²) in [5.41, 5.74) is 0.419. The highest BCUT2D eigenvalue weighted by Crippen LogP contribution is 2.12. The van der Waals surface area contributed by atoms with Gasteiger partial charge in [-0.05, 0) is 46.0 Å². The van der Waals surface area contributed by atoms with Crippen LogP contribution >= 0.6 is 0 Å². The number of nitrogens with zero attached hydrogens (tertiary/aromatic N) is 4. The number of anilines is 1. The predicted molar refractivity (Wildman–Crippen MR) is 78.8 cm³/mol. The van der Waals surface area contributed by atoms with Crippen LogP contribution in [0.5, 0.6) is 0 Å². The van der Waals surface area contributed by atoms with E-state index in [-0.39, 0.29) is 11.9 Å². The van der Waals surface area contributed by atoms with Gasteiger partial charge in [0.25, 0.3) is 5.91 Å². The number of likely N-dealkylation sites (N-methyl/N-ethyl adjacent to an activating group) is 1. The Morgan fingerprint density at radius 2 is 2.20 bits per heavy atom. The standard InChI is InChI=1S/C14H23N5O/c1-4-15-13-7-6-12(16-17-13)14(20)19-9-5-8-18(3)10-11(19)2/h6-7,11H,4-5,8-10H2,1-3H3,(H,15,17). The van der Waals surface area contributed by atoms with E-state index in [0.717, 1.165) is 32.6 Å². The maximum atomic E-state index is 12.5. The van der Waals surface area contributed by atoms with Gasteiger partial charge in [-0.25, -0.2) is 0 Å². The molecule has 2 rings (SSSR count). The van der Waals surface area contributed by atoms with Crippen molar-refractivity contribution in [1.29, 1.82) is 0 Å². The molecule has 2 heterocycles. The summed E-state index contributed by atoms with van der Waals surface area (Å²) >= 11 is 0. The van der Waals surface area contributed by atoms with Gasteiger partial charge < -0.3 is 15.1 Å². The number of amides is 1. The molecule has 6 nitrogen and oxygen atoms in total. The first-order chi connectivity index (χ1) is 9.61. The van der Waals surface area contributed by atoms with Gasteiger partial charge in [0, 0.05) is 25.7 Å². The maximum Gasteiger partial charge on any atom is 0.274 e. The van der Waals surface area contributed by atoms with Crippen LogP contribution < -0.4 is 5.32 Å². The van der Waals surface area contributed by atoms with Crippen molar-refractivity contribution in [3.8, 4) is 0 Å². The van der Waals surface area contributed by atoms with E-state index in [1.54, 1.807) is 12.1 Å². The molecule has 1 aliphatic rings. The van der Waals surface area contributed by atoms with Crippen molar-refractivity contribution < 1.29 is 4.79 Å². The summed E-state index contributed by atoms with van der Waals surface area (Å²) in [6.45, 7) is 7.57. The number of carbonyl (C=O) groups is 1. The fourth-order valence-corrected chi connectivity index (χ4v) is 2.54. The summed E-state index contributed by atoms with van der Waals surface area (Å²) in [7, 11) is 2.09. The lowest BCUT2D eigenvalue weighted by molar-refractivity contribution is 0.0689. The summed E-state index contributed by atoms with van der Waals surface area (Å²) in [4.78, 5) is 16.7. The van der Waals surface area contributed by atoms with Crippen LogP contribution in [0.1, 0.15) is 30.8 Å². The van der Waals surface area contributed by atoms with Crippen molar-refractivity contribution in [3.63, 3.8) is 0 Å². The van der Waals surface area contributed by atoms with E-state index in [1.807, 2.05) is 11.8 Å². The maximum absolute atomic E-state index is 12.5. The first-order valence-corrected chi connectivity index (χ1v) is 7.19. The van der Waals surface area contributed by atoms with E-state index in [2.05, 4.69) is 34.4 Å². The first-order valence-electron chi connectivity index (χ1n) is 7.19. The Hall–Kier alpha value is -1.69. The SMILES string of the molecule is CCNc1ccc(C(=O)N2CCCN(C)CC2C)nn1. The predicted octanol–water partition coefficient (Wildman–Crippen LogP) is 1.07. The normalized spacial score (nSPS) is 20.6. The highest BCUT2D eigenvalue weighted by atomic mass is 16.2. The van der Waals surface area contributed by atoms with Crippen molar-refractivity contribution in [1.82, 2.24) is 20.0 Å². The number of nitrogens with one attached hydrogen (secondary N) is 1. The third-order valence-electron chi connectivity index (χ3n) is 3.55. The summed E-state index contributed by atoms with van der Waals surface area (Å²) in [5, 5.41) is 11.1. The quantitative estimate of drug-likeness (QED) is 0.895. The minimum Gasteiger partial charge on any atom is -0.369 e. The highest BCUT2D eigenvalue weighted by Gasteiger charge is 2.25. The van der Waals surface area contributed by atoms with E-state index < -0.39 is 0 Å². The van der Waals surface area contributed by atoms with Gasteiger partial charge in [-0.15, -0.1) is 10.2 Å². The van der Waals surface area contributed by atoms with Gasteiger partial charge in [-0.3, -0.25) is 4.79 Å². The lowest BCUT2D eigenvalue weighted by Gasteiger charge is -2.27. The molecule has 0 radical (unpaired) electrons. The minimum absolute atomic E-state index is 0.0247. The zero-order valence-corrected chi connectivity index (χ0v) is 12.5. The number of carbonyl (C=O) groups excluding carboxylic acids is 1. The average Bonchev–Trinajstić information content (AvgIpc) is 2.60. The Balaban J connectivity index is 2.09. The summed E-state index contributed by atoms with van der Waals surface area (Å²) in [5.74, 6) is 0.677. The Morgan fingerprint density at radius 1 is 1.40 bits per heavy atom. The van der Waals surface area contributed by atoms with Gasteiger partial charge >= 0.3 is 0 Å². The van der Waals surface area contributed by atoms with Gasteiger partial charge in [0.05, 0.1) is 0 Å². The third-order valence-corrected chi connectivity index (χ3v) is 3.55. The van der Waals surface area contributed by atoms with E-state index in [0.29, 0.717) is 11.5 Å². The molecule has 1 unspecified atom stereocenters. The third kappa shape index (κ3) is 3.45. The smallest absolute Gasteiger partial charge is 0.274 e. The van der Waals surface area contributed by atoms with E-state index in [4.69, 9.17) is 0 Å². The number of rotatable bonds is 3. The molecule has 1 saturated heterocycles. The van der Waals surface area contributed by atoms with Gasteiger partial charge in [0.2, 0.25) is 0 Å². The van der Waals surface area contributed by atoms with Crippen LogP contribution in [-0.4, -0.2) is 65.2 Å². The van der Waals surface area contributed by atoms with Crippen LogP contribution in [0.15, 0.2) is 12.1 Å². The van der Waals surface area contributed by atoms with E-state index in [9.17, 15) is 4.79 Å². The first kappa shape index (κ1) is 14.7. The average molecular weight is 277 g/mol. The van der Waals surface area contributed by atoms with Gasteiger partial charge in [0.1, 0.15) is 5.82 Å². The van der Waals surface area contributed by atoms with E-state index in [1.165, 1.54) is 0 Å². The fraction of sp³-hybridized carbons (Fsp3) is 0.643. The molecule has 1 fully saturated rings. The number of hydrogen-bond donors (Lipinski definition) is 1. The van der Waals surface area contributed by atoms with Gasteiger partial charge in [-0.1, -0.05) is 0 Å². The molecule has 1 amide bonds. The molecule has 110 valence electrons. The largest absolute Gasteiger partial charge is 0.369 e. The molecule has 0 aliphatic carbocycles. The van der Waals surface area contributed by atoms with Crippen LogP contribution in [0.3, 0.4) is 0 Å². The molecule has 0 spiro atoms. The number of hydrogen-bond acceptors (Lipinski definition) is 5. The molecule has 0 aromatic carbocycles. The Bertz CT molecular complexity index is 447. The van der Waals surface area contributed by atoms with Crippen molar-refractivity contribution in [2.24, 2.45) is 0 Å². The van der Waals surface area contributed by atoms with Crippen LogP contribution in [0.4, 0.5) is 5.82 Å². The minimum atomic E-state index is -0.0247. The second-order valence-corrected chi connectivity index (χ2v) is 5.30. The molecule has 1 aliphatic heterocycles. The molecule has 1 aromatic rings. The number of aromatic nitrogens is 2. The molecular weight excluding hydrogens is 254 g/mol. The summed E-state index contributed by atoms with van der Waals surface area (Å²) < 4.78 is 0. The molecule has 0 saturated carbocycles. The Kier molecular flexibility index (Phi) is 4.89. The van der Waals surface area contributed by atoms with Crippen molar-refractivity contribution in [2.45, 2.75) is 26.3 Å². The van der Waals surface area contributed by atoms with Crippen molar-refractivity contribution in [2.75, 3.05) is 38.5 Å². The summed E-state index contributed by atoms with van der Waals surface area (Å²) in [6, 6.07) is 3.75. The lowest BCUT2D eigenvalue weighted by Crippen LogP contribution is -2.42. The summed E-state index contributed by atoms with van der Waals surface area (Å²) in [6.07, 6.45) is 0.996. The van der Waals surface area contributed by atoms with Crippen LogP contribution in [0, 0.1) is 0 Å². The fourth-order valence-electron chi connectivity index (χ4n) is 2.54. The second kappa shape index (κ2) is 6.65. The second-order valence-electron chi connectivity index (χ2n) is 5.30. The highest BCUT2D eigenvalue weighted by molar-refractivity contribution is 5.92. The monoisotopic (exact) mass is 277 g/mol. The van der Waals surface area contributed by atoms with Crippen LogP contribution in [0.2, 0.25) is 0 Å². The molecule has 1 N–H and O–H groups in total. The van der Waals surface area contributed by atoms with Crippen molar-refractivity contribution >= 4 is 11.7 Å². The molecule has 1 aromatic heterocycles. The molecule has 0 bridgehead atoms.